The van der Waals surface area contributed by atoms with Crippen molar-refractivity contribution in [2.75, 3.05) is 37.5 Å². The number of carbonyl (C=O) groups excluding carboxylic acids is 3. The largest absolute Gasteiger partial charge is 0.459 e. The lowest BCUT2D eigenvalue weighted by Gasteiger charge is -2.34. The van der Waals surface area contributed by atoms with Gasteiger partial charge in [-0.05, 0) is 54.6 Å². The monoisotopic (exact) mass is 533 g/mol. The first-order valence-corrected chi connectivity index (χ1v) is 12.5. The third kappa shape index (κ3) is 6.12. The third-order valence-corrected chi connectivity index (χ3v) is 6.93. The number of benzene rings is 2. The topological polar surface area (TPSA) is 126 Å². The molecule has 1 saturated heterocycles. The van der Waals surface area contributed by atoms with Gasteiger partial charge in [-0.3, -0.25) is 14.3 Å². The molecule has 0 atom stereocenters. The van der Waals surface area contributed by atoms with Gasteiger partial charge >= 0.3 is 5.97 Å². The summed E-state index contributed by atoms with van der Waals surface area (Å²) in [5, 5.41) is 0. The van der Waals surface area contributed by atoms with Gasteiger partial charge in [0.2, 0.25) is 0 Å². The van der Waals surface area contributed by atoms with Gasteiger partial charge in [-0.15, -0.1) is 0 Å². The van der Waals surface area contributed by atoms with Crippen molar-refractivity contribution < 1.29 is 40.7 Å². The predicted molar refractivity (Wildman–Crippen MR) is 125 cm³/mol. The fraction of sp³-hybridized carbons (Fsp3) is 0.208. The Morgan fingerprint density at radius 2 is 1.59 bits per heavy atom. The number of anilines is 1. The summed E-state index contributed by atoms with van der Waals surface area (Å²) >= 11 is 0. The van der Waals surface area contributed by atoms with Crippen molar-refractivity contribution in [3.8, 4) is 0 Å². The summed E-state index contributed by atoms with van der Waals surface area (Å²) in [6, 6.07) is 10.5. The van der Waals surface area contributed by atoms with E-state index in [0.29, 0.717) is 25.2 Å². The molecule has 37 heavy (non-hydrogen) atoms. The zero-order valence-corrected chi connectivity index (χ0v) is 20.0. The minimum Gasteiger partial charge on any atom is -0.459 e. The first-order chi connectivity index (χ1) is 17.6. The van der Waals surface area contributed by atoms with E-state index >= 15 is 0 Å². The molecule has 0 bridgehead atoms. The summed E-state index contributed by atoms with van der Waals surface area (Å²) in [4.78, 5) is 39.6. The Morgan fingerprint density at radius 1 is 0.919 bits per heavy atom. The molecule has 1 aromatic heterocycles. The lowest BCUT2D eigenvalue weighted by Crippen LogP contribution is -2.51. The maximum absolute atomic E-state index is 13.4. The van der Waals surface area contributed by atoms with E-state index in [4.69, 9.17) is 9.15 Å². The number of furan rings is 1. The van der Waals surface area contributed by atoms with Crippen molar-refractivity contribution in [1.29, 1.82) is 0 Å². The molecular weight excluding hydrogens is 512 g/mol. The molecule has 2 heterocycles. The van der Waals surface area contributed by atoms with E-state index in [1.165, 1.54) is 35.4 Å². The maximum atomic E-state index is 13.4. The Kier molecular flexibility index (Phi) is 7.53. The van der Waals surface area contributed by atoms with Crippen LogP contribution in [0, 0.1) is 11.6 Å². The van der Waals surface area contributed by atoms with Crippen LogP contribution in [-0.2, 0) is 19.6 Å². The van der Waals surface area contributed by atoms with Crippen LogP contribution in [0.25, 0.3) is 0 Å². The van der Waals surface area contributed by atoms with Crippen LogP contribution in [0.3, 0.4) is 0 Å². The minimum atomic E-state index is -4.19. The number of halogens is 2. The van der Waals surface area contributed by atoms with E-state index in [0.717, 1.165) is 6.07 Å². The van der Waals surface area contributed by atoms with Crippen LogP contribution in [0.4, 0.5) is 14.5 Å². The Hall–Kier alpha value is -4.26. The van der Waals surface area contributed by atoms with Crippen molar-refractivity contribution >= 4 is 33.5 Å². The van der Waals surface area contributed by atoms with Crippen LogP contribution in [0.5, 0.6) is 0 Å². The molecular formula is C24H21F2N3O7S. The molecule has 3 aromatic rings. The second-order valence-electron chi connectivity index (χ2n) is 7.99. The zero-order valence-electron chi connectivity index (χ0n) is 19.2. The van der Waals surface area contributed by atoms with Crippen LogP contribution in [-0.4, -0.2) is 68.8 Å². The molecule has 0 aliphatic carbocycles. The average molecular weight is 534 g/mol. The highest BCUT2D eigenvalue weighted by Gasteiger charge is 2.26. The number of nitrogens with zero attached hydrogens (tertiary/aromatic N) is 2. The van der Waals surface area contributed by atoms with Crippen LogP contribution in [0.15, 0.2) is 70.2 Å². The van der Waals surface area contributed by atoms with Crippen LogP contribution < -0.4 is 4.72 Å². The summed E-state index contributed by atoms with van der Waals surface area (Å²) in [5.74, 6) is -3.75. The van der Waals surface area contributed by atoms with Crippen molar-refractivity contribution in [3.63, 3.8) is 0 Å². The minimum absolute atomic E-state index is 0.0671. The number of nitrogens with one attached hydrogen (secondary N) is 1. The first kappa shape index (κ1) is 25.8. The maximum Gasteiger partial charge on any atom is 0.338 e. The van der Waals surface area contributed by atoms with Crippen LogP contribution in [0.1, 0.15) is 20.9 Å². The molecule has 0 unspecified atom stereocenters. The second-order valence-corrected chi connectivity index (χ2v) is 9.67. The molecule has 0 radical (unpaired) electrons. The standard InChI is InChI=1S/C24H21F2N3O7S/c25-19-8-7-18(14-20(19)26)37(33,34)27-17-5-3-16(4-6-17)24(32)36-15-22(30)28-9-11-29(12-10-28)23(31)21-2-1-13-35-21/h1-8,13-14,27H,9-12,15H2. The summed E-state index contributed by atoms with van der Waals surface area (Å²) < 4.78 is 63.5. The predicted octanol–water partition coefficient (Wildman–Crippen LogP) is 2.50. The van der Waals surface area contributed by atoms with Crippen molar-refractivity contribution in [1.82, 2.24) is 9.80 Å². The molecule has 10 nitrogen and oxygen atoms in total. The van der Waals surface area contributed by atoms with Crippen molar-refractivity contribution in [2.45, 2.75) is 4.90 Å². The van der Waals surface area contributed by atoms with Crippen molar-refractivity contribution in [3.05, 3.63) is 83.8 Å². The van der Waals surface area contributed by atoms with Gasteiger partial charge in [-0.25, -0.2) is 22.0 Å². The van der Waals surface area contributed by atoms with Gasteiger partial charge in [0, 0.05) is 31.9 Å². The molecule has 1 N–H and O–H groups in total. The van der Waals surface area contributed by atoms with E-state index in [9.17, 15) is 31.6 Å². The van der Waals surface area contributed by atoms with E-state index in [1.54, 1.807) is 17.0 Å². The van der Waals surface area contributed by atoms with E-state index in [2.05, 4.69) is 4.72 Å². The molecule has 2 amide bonds. The molecule has 13 heteroatoms. The summed E-state index contributed by atoms with van der Waals surface area (Å²) in [5.41, 5.74) is 0.136. The fourth-order valence-electron chi connectivity index (χ4n) is 3.55. The van der Waals surface area contributed by atoms with Gasteiger partial charge in [0.15, 0.2) is 24.0 Å². The molecule has 1 fully saturated rings. The Labute approximate surface area is 210 Å². The van der Waals surface area contributed by atoms with E-state index in [-0.39, 0.29) is 36.0 Å². The van der Waals surface area contributed by atoms with Gasteiger partial charge in [-0.2, -0.15) is 0 Å². The number of amides is 2. The molecule has 0 spiro atoms. The normalized spacial score (nSPS) is 13.8. The number of hydrogen-bond donors (Lipinski definition) is 1. The number of rotatable bonds is 7. The molecule has 194 valence electrons. The summed E-state index contributed by atoms with van der Waals surface area (Å²) in [7, 11) is -4.19. The van der Waals surface area contributed by atoms with Gasteiger partial charge in [-0.1, -0.05) is 0 Å². The van der Waals surface area contributed by atoms with Gasteiger partial charge in [0.05, 0.1) is 16.7 Å². The number of hydrogen-bond acceptors (Lipinski definition) is 7. The number of ether oxygens (including phenoxy) is 1. The quantitative estimate of drug-likeness (QED) is 0.463. The van der Waals surface area contributed by atoms with Crippen LogP contribution in [0.2, 0.25) is 0 Å². The molecule has 2 aromatic carbocycles. The number of sulfonamides is 1. The van der Waals surface area contributed by atoms with Gasteiger partial charge in [0.25, 0.3) is 21.8 Å². The lowest BCUT2D eigenvalue weighted by atomic mass is 10.2. The van der Waals surface area contributed by atoms with Crippen LogP contribution >= 0.6 is 0 Å². The summed E-state index contributed by atoms with van der Waals surface area (Å²) in [6.45, 7) is 0.656. The Balaban J connectivity index is 1.26. The zero-order chi connectivity index (χ0) is 26.6. The Bertz CT molecular complexity index is 1400. The molecule has 1 aliphatic heterocycles. The fourth-order valence-corrected chi connectivity index (χ4v) is 4.62. The highest BCUT2D eigenvalue weighted by Crippen LogP contribution is 2.19. The molecule has 4 rings (SSSR count). The second kappa shape index (κ2) is 10.8. The Morgan fingerprint density at radius 3 is 2.22 bits per heavy atom. The third-order valence-electron chi connectivity index (χ3n) is 5.55. The highest BCUT2D eigenvalue weighted by atomic mass is 32.2. The molecule has 0 saturated carbocycles. The number of piperazine rings is 1. The number of esters is 1. The van der Waals surface area contributed by atoms with Gasteiger partial charge in [0.1, 0.15) is 0 Å². The summed E-state index contributed by atoms with van der Waals surface area (Å²) in [6.07, 6.45) is 1.41. The van der Waals surface area contributed by atoms with Crippen molar-refractivity contribution in [2.24, 2.45) is 0 Å². The SMILES string of the molecule is O=C(OCC(=O)N1CCN(C(=O)c2ccco2)CC1)c1ccc(NS(=O)(=O)c2ccc(F)c(F)c2)cc1. The van der Waals surface area contributed by atoms with E-state index < -0.39 is 45.0 Å². The first-order valence-electron chi connectivity index (χ1n) is 11.0. The van der Waals surface area contributed by atoms with E-state index in [1.807, 2.05) is 0 Å². The smallest absolute Gasteiger partial charge is 0.338 e. The lowest BCUT2D eigenvalue weighted by molar-refractivity contribution is -0.136. The highest BCUT2D eigenvalue weighted by molar-refractivity contribution is 7.92. The average Bonchev–Trinajstić information content (AvgIpc) is 3.43. The molecule has 1 aliphatic rings. The van der Waals surface area contributed by atoms with Gasteiger partial charge < -0.3 is 19.0 Å². The number of carbonyl (C=O) groups is 3.